The Labute approximate surface area is 126 Å². The number of hydrogen-bond donors (Lipinski definition) is 0. The van der Waals surface area contributed by atoms with E-state index < -0.39 is 9.05 Å². The lowest BCUT2D eigenvalue weighted by molar-refractivity contribution is 0.609. The minimum atomic E-state index is -3.75. The van der Waals surface area contributed by atoms with E-state index in [1.54, 1.807) is 12.1 Å². The molecule has 0 saturated heterocycles. The van der Waals surface area contributed by atoms with Crippen LogP contribution in [0.1, 0.15) is 11.1 Å². The molecule has 6 heteroatoms. The molecule has 0 heterocycles. The SMILES string of the molecule is O=S(=O)(Cl)c1ccc(Cl)c(Cc2ccc(Cl)cc2)c1. The smallest absolute Gasteiger partial charge is 0.207 e. The molecule has 0 aliphatic heterocycles. The minimum Gasteiger partial charge on any atom is -0.207 e. The summed E-state index contributed by atoms with van der Waals surface area (Å²) in [5.74, 6) is 0. The van der Waals surface area contributed by atoms with E-state index in [-0.39, 0.29) is 4.90 Å². The van der Waals surface area contributed by atoms with E-state index in [2.05, 4.69) is 0 Å². The van der Waals surface area contributed by atoms with E-state index in [1.165, 1.54) is 18.2 Å². The summed E-state index contributed by atoms with van der Waals surface area (Å²) in [5.41, 5.74) is 1.68. The topological polar surface area (TPSA) is 34.1 Å². The summed E-state index contributed by atoms with van der Waals surface area (Å²) in [6.07, 6.45) is 0.510. The Morgan fingerprint density at radius 2 is 1.58 bits per heavy atom. The molecule has 19 heavy (non-hydrogen) atoms. The highest BCUT2D eigenvalue weighted by Crippen LogP contribution is 2.25. The highest BCUT2D eigenvalue weighted by atomic mass is 35.7. The molecule has 2 nitrogen and oxygen atoms in total. The quantitative estimate of drug-likeness (QED) is 0.773. The van der Waals surface area contributed by atoms with Crippen LogP contribution in [0.5, 0.6) is 0 Å². The van der Waals surface area contributed by atoms with Crippen molar-refractivity contribution in [1.82, 2.24) is 0 Å². The molecule has 0 spiro atoms. The molecule has 0 N–H and O–H groups in total. The van der Waals surface area contributed by atoms with E-state index in [4.69, 9.17) is 33.9 Å². The zero-order valence-electron chi connectivity index (χ0n) is 9.61. The van der Waals surface area contributed by atoms with Crippen molar-refractivity contribution < 1.29 is 8.42 Å². The van der Waals surface area contributed by atoms with E-state index in [0.29, 0.717) is 22.0 Å². The molecule has 0 atom stereocenters. The monoisotopic (exact) mass is 334 g/mol. The molecule has 0 fully saturated rings. The molecule has 0 aliphatic carbocycles. The predicted molar refractivity (Wildman–Crippen MR) is 78.7 cm³/mol. The summed E-state index contributed by atoms with van der Waals surface area (Å²) in [6, 6.07) is 11.7. The van der Waals surface area contributed by atoms with E-state index in [1.807, 2.05) is 12.1 Å². The van der Waals surface area contributed by atoms with Gasteiger partial charge in [-0.2, -0.15) is 0 Å². The van der Waals surface area contributed by atoms with Gasteiger partial charge in [0, 0.05) is 20.7 Å². The van der Waals surface area contributed by atoms with Gasteiger partial charge in [0.25, 0.3) is 9.05 Å². The van der Waals surface area contributed by atoms with E-state index in [9.17, 15) is 8.42 Å². The highest BCUT2D eigenvalue weighted by molar-refractivity contribution is 8.13. The Bertz CT molecular complexity index is 694. The van der Waals surface area contributed by atoms with Gasteiger partial charge in [-0.25, -0.2) is 8.42 Å². The zero-order chi connectivity index (χ0) is 14.0. The summed E-state index contributed by atoms with van der Waals surface area (Å²) in [4.78, 5) is 0.0440. The first-order valence-corrected chi connectivity index (χ1v) is 8.40. The number of halogens is 3. The first-order valence-electron chi connectivity index (χ1n) is 5.34. The van der Waals surface area contributed by atoms with Crippen molar-refractivity contribution in [2.45, 2.75) is 11.3 Å². The summed E-state index contributed by atoms with van der Waals surface area (Å²) in [7, 11) is 1.57. The third-order valence-corrected chi connectivity index (χ3v) is 4.58. The van der Waals surface area contributed by atoms with Crippen molar-refractivity contribution in [3.63, 3.8) is 0 Å². The molecular weight excluding hydrogens is 327 g/mol. The van der Waals surface area contributed by atoms with Crippen LogP contribution in [0.2, 0.25) is 10.0 Å². The highest BCUT2D eigenvalue weighted by Gasteiger charge is 2.12. The van der Waals surface area contributed by atoms with Crippen LogP contribution in [0.4, 0.5) is 0 Å². The Morgan fingerprint density at radius 1 is 0.947 bits per heavy atom. The molecular formula is C13H9Cl3O2S. The number of rotatable bonds is 3. The number of hydrogen-bond acceptors (Lipinski definition) is 2. The fraction of sp³-hybridized carbons (Fsp3) is 0.0769. The third kappa shape index (κ3) is 3.86. The maximum Gasteiger partial charge on any atom is 0.261 e. The summed E-state index contributed by atoms with van der Waals surface area (Å²) >= 11 is 11.9. The van der Waals surface area contributed by atoms with Crippen LogP contribution >= 0.6 is 33.9 Å². The van der Waals surface area contributed by atoms with Gasteiger partial charge in [-0.1, -0.05) is 35.3 Å². The lowest BCUT2D eigenvalue weighted by Crippen LogP contribution is -1.95. The molecule has 0 radical (unpaired) electrons. The molecule has 0 bridgehead atoms. The van der Waals surface area contributed by atoms with Crippen molar-refractivity contribution in [2.75, 3.05) is 0 Å². The van der Waals surface area contributed by atoms with Gasteiger partial charge in [0.15, 0.2) is 0 Å². The third-order valence-electron chi connectivity index (χ3n) is 2.61. The second-order valence-corrected chi connectivity index (χ2v) is 7.40. The van der Waals surface area contributed by atoms with Crippen LogP contribution in [0.15, 0.2) is 47.4 Å². The van der Waals surface area contributed by atoms with Gasteiger partial charge in [-0.15, -0.1) is 0 Å². The molecule has 0 aromatic heterocycles. The Balaban J connectivity index is 2.37. The van der Waals surface area contributed by atoms with Gasteiger partial charge in [0.1, 0.15) is 0 Å². The fourth-order valence-electron chi connectivity index (χ4n) is 1.66. The van der Waals surface area contributed by atoms with Crippen LogP contribution in [0.3, 0.4) is 0 Å². The van der Waals surface area contributed by atoms with Crippen molar-refractivity contribution in [1.29, 1.82) is 0 Å². The summed E-state index contributed by atoms with van der Waals surface area (Å²) in [5, 5.41) is 1.14. The van der Waals surface area contributed by atoms with Gasteiger partial charge in [0.05, 0.1) is 4.90 Å². The van der Waals surface area contributed by atoms with Gasteiger partial charge in [-0.05, 0) is 47.9 Å². The largest absolute Gasteiger partial charge is 0.261 e. The minimum absolute atomic E-state index is 0.0440. The normalized spacial score (nSPS) is 11.5. The number of benzene rings is 2. The predicted octanol–water partition coefficient (Wildman–Crippen LogP) is 4.51. The van der Waals surface area contributed by atoms with Crippen LogP contribution in [0, 0.1) is 0 Å². The van der Waals surface area contributed by atoms with Crippen molar-refractivity contribution in [3.05, 3.63) is 63.6 Å². The zero-order valence-corrected chi connectivity index (χ0v) is 12.7. The van der Waals surface area contributed by atoms with Gasteiger partial charge < -0.3 is 0 Å². The van der Waals surface area contributed by atoms with Crippen molar-refractivity contribution in [2.24, 2.45) is 0 Å². The molecule has 0 amide bonds. The Morgan fingerprint density at radius 3 is 2.16 bits per heavy atom. The van der Waals surface area contributed by atoms with Crippen LogP contribution in [-0.2, 0) is 15.5 Å². The first-order chi connectivity index (χ1) is 8.86. The molecule has 0 unspecified atom stereocenters. The van der Waals surface area contributed by atoms with E-state index in [0.717, 1.165) is 5.56 Å². The molecule has 2 aromatic carbocycles. The average molecular weight is 336 g/mol. The van der Waals surface area contributed by atoms with Gasteiger partial charge >= 0.3 is 0 Å². The second-order valence-electron chi connectivity index (χ2n) is 3.99. The maximum absolute atomic E-state index is 11.3. The average Bonchev–Trinajstić information content (AvgIpc) is 2.33. The lowest BCUT2D eigenvalue weighted by atomic mass is 10.1. The fourth-order valence-corrected chi connectivity index (χ4v) is 2.77. The Hall–Kier alpha value is -0.740. The lowest BCUT2D eigenvalue weighted by Gasteiger charge is -2.06. The van der Waals surface area contributed by atoms with Crippen molar-refractivity contribution in [3.8, 4) is 0 Å². The first kappa shape index (κ1) is 14.7. The van der Waals surface area contributed by atoms with Gasteiger partial charge in [-0.3, -0.25) is 0 Å². The van der Waals surface area contributed by atoms with Gasteiger partial charge in [0.2, 0.25) is 0 Å². The Kier molecular flexibility index (Phi) is 4.41. The van der Waals surface area contributed by atoms with Crippen LogP contribution in [0.25, 0.3) is 0 Å². The standard InChI is InChI=1S/C13H9Cl3O2S/c14-11-3-1-9(2-4-11)7-10-8-12(19(16,17)18)5-6-13(10)15/h1-6,8H,7H2. The summed E-state index contributed by atoms with van der Waals surface area (Å²) in [6.45, 7) is 0. The molecule has 0 saturated carbocycles. The van der Waals surface area contributed by atoms with E-state index >= 15 is 0 Å². The second kappa shape index (κ2) is 5.71. The summed E-state index contributed by atoms with van der Waals surface area (Å²) < 4.78 is 22.6. The van der Waals surface area contributed by atoms with Crippen LogP contribution in [-0.4, -0.2) is 8.42 Å². The molecule has 0 aliphatic rings. The van der Waals surface area contributed by atoms with Crippen molar-refractivity contribution >= 4 is 42.9 Å². The maximum atomic E-state index is 11.3. The van der Waals surface area contributed by atoms with Crippen LogP contribution < -0.4 is 0 Å². The molecule has 2 rings (SSSR count). The molecule has 100 valence electrons. The molecule has 2 aromatic rings.